The van der Waals surface area contributed by atoms with E-state index < -0.39 is 10.2 Å². The van der Waals surface area contributed by atoms with Crippen LogP contribution in [-0.2, 0) is 29.8 Å². The van der Waals surface area contributed by atoms with Crippen molar-refractivity contribution in [3.63, 3.8) is 0 Å². The Balaban J connectivity index is 0.00000176. The largest absolute Gasteiger partial charge is 0.309 e. The predicted octanol–water partition coefficient (Wildman–Crippen LogP) is 1.92. The molecule has 5 nitrogen and oxygen atoms in total. The number of fused-ring (bicyclic) bond motifs is 1. The van der Waals surface area contributed by atoms with Gasteiger partial charge in [-0.25, -0.2) is 0 Å². The Kier molecular flexibility index (Phi) is 5.85. The monoisotopic (exact) mass is 345 g/mol. The molecule has 22 heavy (non-hydrogen) atoms. The summed E-state index contributed by atoms with van der Waals surface area (Å²) in [4.78, 5) is 0. The molecule has 2 heterocycles. The van der Waals surface area contributed by atoms with Crippen LogP contribution in [0.1, 0.15) is 42.9 Å². The number of halogens is 1. The van der Waals surface area contributed by atoms with Crippen molar-refractivity contribution in [3.8, 4) is 0 Å². The van der Waals surface area contributed by atoms with Crippen LogP contribution >= 0.6 is 12.4 Å². The minimum absolute atomic E-state index is 0. The Morgan fingerprint density at radius 2 is 2.05 bits per heavy atom. The molecule has 3 rings (SSSR count). The summed E-state index contributed by atoms with van der Waals surface area (Å²) in [6.45, 7) is 4.76. The van der Waals surface area contributed by atoms with Crippen molar-refractivity contribution >= 4 is 22.6 Å². The minimum atomic E-state index is -3.38. The topological polar surface area (TPSA) is 61.4 Å². The predicted molar refractivity (Wildman–Crippen MR) is 90.0 cm³/mol. The molecule has 7 heteroatoms. The van der Waals surface area contributed by atoms with Gasteiger partial charge in [-0.3, -0.25) is 0 Å². The fraction of sp³-hybridized carbons (Fsp3) is 0.600. The number of benzene rings is 1. The molecule has 2 N–H and O–H groups in total. The highest BCUT2D eigenvalue weighted by Crippen LogP contribution is 2.20. The number of hydrogen-bond donors (Lipinski definition) is 2. The first-order valence-corrected chi connectivity index (χ1v) is 9.08. The van der Waals surface area contributed by atoms with Crippen molar-refractivity contribution in [2.24, 2.45) is 0 Å². The lowest BCUT2D eigenvalue weighted by Gasteiger charge is -2.32. The summed E-state index contributed by atoms with van der Waals surface area (Å²) in [6, 6.07) is 6.29. The molecular formula is C15H24ClN3O2S. The first-order valence-electron chi connectivity index (χ1n) is 7.64. The maximum atomic E-state index is 12.4. The van der Waals surface area contributed by atoms with E-state index in [4.69, 9.17) is 0 Å². The SMILES string of the molecule is CC1CCCCN1S(=O)(=O)NCc1ccc2c(c1)CNC2.Cl. The second-order valence-electron chi connectivity index (χ2n) is 5.99. The molecule has 1 fully saturated rings. The lowest BCUT2D eigenvalue weighted by Crippen LogP contribution is -2.47. The van der Waals surface area contributed by atoms with Gasteiger partial charge in [-0.1, -0.05) is 24.6 Å². The molecule has 0 bridgehead atoms. The fourth-order valence-electron chi connectivity index (χ4n) is 3.14. The van der Waals surface area contributed by atoms with Crippen molar-refractivity contribution in [1.29, 1.82) is 0 Å². The average Bonchev–Trinajstić information content (AvgIpc) is 2.93. The van der Waals surface area contributed by atoms with Gasteiger partial charge in [0.15, 0.2) is 0 Å². The summed E-state index contributed by atoms with van der Waals surface area (Å²) in [6.07, 6.45) is 3.02. The second kappa shape index (κ2) is 7.27. The Morgan fingerprint density at radius 3 is 2.82 bits per heavy atom. The van der Waals surface area contributed by atoms with Gasteiger partial charge in [-0.2, -0.15) is 17.4 Å². The highest BCUT2D eigenvalue weighted by molar-refractivity contribution is 7.87. The Morgan fingerprint density at radius 1 is 1.27 bits per heavy atom. The van der Waals surface area contributed by atoms with Crippen molar-refractivity contribution in [2.75, 3.05) is 6.54 Å². The van der Waals surface area contributed by atoms with Crippen LogP contribution in [0.4, 0.5) is 0 Å². The molecule has 1 atom stereocenters. The minimum Gasteiger partial charge on any atom is -0.309 e. The maximum Gasteiger partial charge on any atom is 0.279 e. The Labute approximate surface area is 139 Å². The van der Waals surface area contributed by atoms with Gasteiger partial charge in [0.05, 0.1) is 0 Å². The van der Waals surface area contributed by atoms with E-state index in [0.717, 1.165) is 37.9 Å². The third-order valence-corrected chi connectivity index (χ3v) is 6.08. The van der Waals surface area contributed by atoms with E-state index in [9.17, 15) is 8.42 Å². The van der Waals surface area contributed by atoms with E-state index in [1.165, 1.54) is 11.1 Å². The van der Waals surface area contributed by atoms with Crippen molar-refractivity contribution < 1.29 is 8.42 Å². The van der Waals surface area contributed by atoms with Gasteiger partial charge in [-0.15, -0.1) is 12.4 Å². The zero-order chi connectivity index (χ0) is 14.9. The third-order valence-electron chi connectivity index (χ3n) is 4.41. The molecule has 1 saturated heterocycles. The molecule has 2 aliphatic rings. The van der Waals surface area contributed by atoms with Gasteiger partial charge < -0.3 is 5.32 Å². The van der Waals surface area contributed by atoms with Crippen molar-refractivity contribution in [1.82, 2.24) is 14.3 Å². The maximum absolute atomic E-state index is 12.4. The van der Waals surface area contributed by atoms with Gasteiger partial charge in [0.1, 0.15) is 0 Å². The second-order valence-corrected chi connectivity index (χ2v) is 7.70. The number of nitrogens with zero attached hydrogens (tertiary/aromatic N) is 1. The molecule has 0 amide bonds. The van der Waals surface area contributed by atoms with Gasteiger partial charge in [0.25, 0.3) is 10.2 Å². The molecule has 0 radical (unpaired) electrons. The highest BCUT2D eigenvalue weighted by Gasteiger charge is 2.29. The number of hydrogen-bond acceptors (Lipinski definition) is 3. The number of piperidine rings is 1. The van der Waals surface area contributed by atoms with Crippen LogP contribution in [0.2, 0.25) is 0 Å². The van der Waals surface area contributed by atoms with Gasteiger partial charge in [0.2, 0.25) is 0 Å². The van der Waals surface area contributed by atoms with Crippen LogP contribution in [0, 0.1) is 0 Å². The number of rotatable bonds is 4. The zero-order valence-corrected chi connectivity index (χ0v) is 14.5. The summed E-state index contributed by atoms with van der Waals surface area (Å²) < 4.78 is 29.2. The van der Waals surface area contributed by atoms with Gasteiger partial charge in [0, 0.05) is 32.2 Å². The van der Waals surface area contributed by atoms with E-state index >= 15 is 0 Å². The van der Waals surface area contributed by atoms with E-state index in [-0.39, 0.29) is 18.4 Å². The molecule has 2 aliphatic heterocycles. The Bertz CT molecular complexity index is 621. The molecular weight excluding hydrogens is 322 g/mol. The van der Waals surface area contributed by atoms with Crippen molar-refractivity contribution in [3.05, 3.63) is 34.9 Å². The van der Waals surface area contributed by atoms with E-state index in [1.807, 2.05) is 13.0 Å². The molecule has 1 aromatic carbocycles. The van der Waals surface area contributed by atoms with Gasteiger partial charge >= 0.3 is 0 Å². The normalized spacial score (nSPS) is 22.1. The van der Waals surface area contributed by atoms with Crippen molar-refractivity contribution in [2.45, 2.75) is 51.9 Å². The molecule has 1 aromatic rings. The lowest BCUT2D eigenvalue weighted by molar-refractivity contribution is 0.265. The van der Waals surface area contributed by atoms with Crippen LogP contribution in [0.3, 0.4) is 0 Å². The number of nitrogens with one attached hydrogen (secondary N) is 2. The van der Waals surface area contributed by atoms with Crippen LogP contribution in [-0.4, -0.2) is 25.3 Å². The highest BCUT2D eigenvalue weighted by atomic mass is 35.5. The summed E-state index contributed by atoms with van der Waals surface area (Å²) in [7, 11) is -3.38. The van der Waals surface area contributed by atoms with Crippen LogP contribution in [0.15, 0.2) is 18.2 Å². The molecule has 0 aromatic heterocycles. The zero-order valence-electron chi connectivity index (χ0n) is 12.8. The van der Waals surface area contributed by atoms with Crippen LogP contribution in [0.25, 0.3) is 0 Å². The van der Waals surface area contributed by atoms with Gasteiger partial charge in [-0.05, 0) is 36.5 Å². The first kappa shape index (κ1) is 17.7. The summed E-state index contributed by atoms with van der Waals surface area (Å²) in [5.41, 5.74) is 3.61. The van der Waals surface area contributed by atoms with E-state index in [0.29, 0.717) is 13.1 Å². The average molecular weight is 346 g/mol. The lowest BCUT2D eigenvalue weighted by atomic mass is 10.1. The van der Waals surface area contributed by atoms with E-state index in [2.05, 4.69) is 22.2 Å². The molecule has 0 aliphatic carbocycles. The fourth-order valence-corrected chi connectivity index (χ4v) is 4.61. The molecule has 1 unspecified atom stereocenters. The van der Waals surface area contributed by atoms with Crippen LogP contribution in [0.5, 0.6) is 0 Å². The molecule has 0 saturated carbocycles. The summed E-state index contributed by atoms with van der Waals surface area (Å²) in [5, 5.41) is 3.30. The summed E-state index contributed by atoms with van der Waals surface area (Å²) >= 11 is 0. The first-order chi connectivity index (χ1) is 10.1. The standard InChI is InChI=1S/C15H23N3O2S.ClH/c1-12-4-2-3-7-18(12)21(19,20)17-9-13-5-6-14-10-16-11-15(14)8-13;/h5-6,8,12,16-17H,2-4,7,9-11H2,1H3;1H. The smallest absolute Gasteiger partial charge is 0.279 e. The van der Waals surface area contributed by atoms with E-state index in [1.54, 1.807) is 4.31 Å². The molecule has 124 valence electrons. The quantitative estimate of drug-likeness (QED) is 0.876. The van der Waals surface area contributed by atoms with Crippen LogP contribution < -0.4 is 10.0 Å². The summed E-state index contributed by atoms with van der Waals surface area (Å²) in [5.74, 6) is 0. The Hall–Kier alpha value is -0.660. The molecule has 0 spiro atoms. The third kappa shape index (κ3) is 3.81.